The van der Waals surface area contributed by atoms with Gasteiger partial charge in [-0.1, -0.05) is 6.07 Å². The van der Waals surface area contributed by atoms with Crippen molar-refractivity contribution in [2.75, 3.05) is 0 Å². The third-order valence-corrected chi connectivity index (χ3v) is 0.935. The Bertz CT molecular complexity index is 157. The minimum Gasteiger partial charge on any atom is -0.870 e. The zero-order valence-corrected chi connectivity index (χ0v) is 7.99. The largest absolute Gasteiger partial charge is 1.00 e. The molecule has 0 fully saturated rings. The van der Waals surface area contributed by atoms with Crippen LogP contribution >= 0.6 is 0 Å². The van der Waals surface area contributed by atoms with Gasteiger partial charge >= 0.3 is 29.6 Å². The van der Waals surface area contributed by atoms with Crippen LogP contribution < -0.4 is 35.3 Å². The van der Waals surface area contributed by atoms with E-state index < -0.39 is 0 Å². The van der Waals surface area contributed by atoms with Crippen LogP contribution in [0.5, 0.6) is 0 Å². The predicted octanol–water partition coefficient (Wildman–Crippen LogP) is -2.63. The first-order chi connectivity index (χ1) is 3.93. The molecule has 0 amide bonds. The Balaban J connectivity index is 0. The third-order valence-electron chi connectivity index (χ3n) is 0.935. The summed E-state index contributed by atoms with van der Waals surface area (Å²) in [4.78, 5) is 3.97. The van der Waals surface area contributed by atoms with Gasteiger partial charge in [0.25, 0.3) is 0 Å². The van der Waals surface area contributed by atoms with Crippen molar-refractivity contribution in [1.82, 2.24) is 4.98 Å². The molecule has 0 spiro atoms. The second-order valence-corrected chi connectivity index (χ2v) is 1.53. The van der Waals surface area contributed by atoms with Gasteiger partial charge in [0.05, 0.1) is 5.69 Å². The van der Waals surface area contributed by atoms with Crippen molar-refractivity contribution in [3.8, 4) is 0 Å². The van der Waals surface area contributed by atoms with Crippen LogP contribution in [0.4, 0.5) is 0 Å². The van der Waals surface area contributed by atoms with Gasteiger partial charge in [-0.3, -0.25) is 4.98 Å². The Hall–Kier alpha value is 0.0700. The second-order valence-electron chi connectivity index (χ2n) is 1.53. The van der Waals surface area contributed by atoms with Crippen molar-refractivity contribution >= 4 is 0 Å². The Morgan fingerprint density at radius 2 is 2.10 bits per heavy atom. The molecule has 0 aromatic carbocycles. The van der Waals surface area contributed by atoms with Gasteiger partial charge in [0.1, 0.15) is 0 Å². The Kier molecular flexibility index (Phi) is 9.13. The van der Waals surface area contributed by atoms with Gasteiger partial charge in [-0.2, -0.15) is 0 Å². The molecular formula is C6H9N2NaO. The molecule has 3 nitrogen and oxygen atoms in total. The smallest absolute Gasteiger partial charge is 0.870 e. The fourth-order valence-electron chi connectivity index (χ4n) is 0.519. The van der Waals surface area contributed by atoms with E-state index in [0.717, 1.165) is 5.69 Å². The maximum Gasteiger partial charge on any atom is 1.00 e. The molecule has 0 unspecified atom stereocenters. The summed E-state index contributed by atoms with van der Waals surface area (Å²) in [6, 6.07) is 5.70. The monoisotopic (exact) mass is 148 g/mol. The molecule has 0 radical (unpaired) electrons. The maximum atomic E-state index is 5.29. The van der Waals surface area contributed by atoms with Gasteiger partial charge in [-0.25, -0.2) is 0 Å². The molecule has 0 saturated heterocycles. The summed E-state index contributed by atoms with van der Waals surface area (Å²) < 4.78 is 0. The first-order valence-electron chi connectivity index (χ1n) is 2.53. The topological polar surface area (TPSA) is 68.9 Å². The molecule has 0 bridgehead atoms. The second kappa shape index (κ2) is 7.18. The van der Waals surface area contributed by atoms with E-state index in [1.807, 2.05) is 18.2 Å². The molecule has 3 N–H and O–H groups in total. The first-order valence-corrected chi connectivity index (χ1v) is 2.53. The van der Waals surface area contributed by atoms with E-state index in [4.69, 9.17) is 5.73 Å². The van der Waals surface area contributed by atoms with Gasteiger partial charge in [0, 0.05) is 12.7 Å². The number of hydrogen-bond donors (Lipinski definition) is 1. The van der Waals surface area contributed by atoms with Crippen LogP contribution in [-0.2, 0) is 6.54 Å². The number of nitrogens with zero attached hydrogens (tertiary/aromatic N) is 1. The molecule has 0 aliphatic rings. The van der Waals surface area contributed by atoms with Crippen molar-refractivity contribution in [3.63, 3.8) is 0 Å². The van der Waals surface area contributed by atoms with Crippen LogP contribution in [0.3, 0.4) is 0 Å². The summed E-state index contributed by atoms with van der Waals surface area (Å²) >= 11 is 0. The fraction of sp³-hybridized carbons (Fsp3) is 0.167. The van der Waals surface area contributed by atoms with E-state index in [0.29, 0.717) is 6.54 Å². The minimum absolute atomic E-state index is 0. The molecule has 0 aliphatic heterocycles. The molecule has 0 aliphatic carbocycles. The van der Waals surface area contributed by atoms with E-state index >= 15 is 0 Å². The number of rotatable bonds is 1. The third kappa shape index (κ3) is 3.98. The number of nitrogens with two attached hydrogens (primary N) is 1. The molecule has 10 heavy (non-hydrogen) atoms. The summed E-state index contributed by atoms with van der Waals surface area (Å²) in [6.07, 6.45) is 1.74. The average molecular weight is 148 g/mol. The van der Waals surface area contributed by atoms with Crippen molar-refractivity contribution < 1.29 is 35.0 Å². The number of hydrogen-bond acceptors (Lipinski definition) is 3. The van der Waals surface area contributed by atoms with Gasteiger partial charge < -0.3 is 11.2 Å². The molecule has 0 atom stereocenters. The molecule has 1 heterocycles. The van der Waals surface area contributed by atoms with Crippen LogP contribution in [0.2, 0.25) is 0 Å². The van der Waals surface area contributed by atoms with Crippen molar-refractivity contribution in [2.24, 2.45) is 5.73 Å². The van der Waals surface area contributed by atoms with E-state index in [-0.39, 0.29) is 35.0 Å². The van der Waals surface area contributed by atoms with Crippen molar-refractivity contribution in [1.29, 1.82) is 0 Å². The van der Waals surface area contributed by atoms with E-state index in [2.05, 4.69) is 4.98 Å². The van der Waals surface area contributed by atoms with E-state index in [1.54, 1.807) is 6.20 Å². The van der Waals surface area contributed by atoms with Gasteiger partial charge in [0.2, 0.25) is 0 Å². The fourth-order valence-corrected chi connectivity index (χ4v) is 0.519. The minimum atomic E-state index is 0. The molecule has 50 valence electrons. The van der Waals surface area contributed by atoms with Crippen LogP contribution in [-0.4, -0.2) is 10.5 Å². The Morgan fingerprint density at radius 1 is 1.40 bits per heavy atom. The Labute approximate surface area is 82.3 Å². The quantitative estimate of drug-likeness (QED) is 0.443. The standard InChI is InChI=1S/C6H8N2.Na.H2O/c7-5-6-3-1-2-4-8-6;;/h1-4H,5,7H2;;1H2/q;+1;/p-1. The first kappa shape index (κ1) is 12.7. The van der Waals surface area contributed by atoms with Gasteiger partial charge in [-0.05, 0) is 12.1 Å². The van der Waals surface area contributed by atoms with Gasteiger partial charge in [0.15, 0.2) is 0 Å². The summed E-state index contributed by atoms with van der Waals surface area (Å²) in [5.41, 5.74) is 6.22. The Morgan fingerprint density at radius 3 is 2.40 bits per heavy atom. The molecular weight excluding hydrogens is 139 g/mol. The van der Waals surface area contributed by atoms with Crippen LogP contribution in [0.25, 0.3) is 0 Å². The summed E-state index contributed by atoms with van der Waals surface area (Å²) in [7, 11) is 0. The molecule has 1 rings (SSSR count). The van der Waals surface area contributed by atoms with Crippen molar-refractivity contribution in [3.05, 3.63) is 30.1 Å². The molecule has 1 aromatic heterocycles. The number of aromatic nitrogens is 1. The molecule has 0 saturated carbocycles. The molecule has 1 aromatic rings. The van der Waals surface area contributed by atoms with Crippen LogP contribution in [0, 0.1) is 0 Å². The average Bonchev–Trinajstić information content (AvgIpc) is 1.90. The SMILES string of the molecule is NCc1ccccn1.[Na+].[OH-]. The van der Waals surface area contributed by atoms with Crippen molar-refractivity contribution in [2.45, 2.75) is 6.54 Å². The van der Waals surface area contributed by atoms with E-state index in [9.17, 15) is 0 Å². The summed E-state index contributed by atoms with van der Waals surface area (Å²) in [5, 5.41) is 0. The van der Waals surface area contributed by atoms with Gasteiger partial charge in [-0.15, -0.1) is 0 Å². The summed E-state index contributed by atoms with van der Waals surface area (Å²) in [5.74, 6) is 0. The zero-order chi connectivity index (χ0) is 5.82. The van der Waals surface area contributed by atoms with Crippen LogP contribution in [0.1, 0.15) is 5.69 Å². The predicted molar refractivity (Wildman–Crippen MR) is 34.1 cm³/mol. The normalized spacial score (nSPS) is 7.30. The van der Waals surface area contributed by atoms with Crippen LogP contribution in [0.15, 0.2) is 24.4 Å². The maximum absolute atomic E-state index is 5.29. The summed E-state index contributed by atoms with van der Waals surface area (Å²) in [6.45, 7) is 0.529. The molecule has 4 heteroatoms. The van der Waals surface area contributed by atoms with E-state index in [1.165, 1.54) is 0 Å². The zero-order valence-electron chi connectivity index (χ0n) is 5.99. The number of pyridine rings is 1.